The number of rotatable bonds is 4. The molecule has 1 aliphatic carbocycles. The van der Waals surface area contributed by atoms with Gasteiger partial charge in [-0.05, 0) is 49.6 Å². The first-order valence-corrected chi connectivity index (χ1v) is 11.3. The number of imidazole rings is 1. The van der Waals surface area contributed by atoms with Crippen molar-refractivity contribution in [2.45, 2.75) is 41.9 Å². The molecule has 1 aliphatic heterocycles. The molecule has 0 bridgehead atoms. The number of hydrogen-bond acceptors (Lipinski definition) is 7. The van der Waals surface area contributed by atoms with E-state index in [1.807, 2.05) is 24.7 Å². The van der Waals surface area contributed by atoms with Gasteiger partial charge in [0.15, 0.2) is 10.8 Å². The van der Waals surface area contributed by atoms with Crippen molar-refractivity contribution in [3.63, 3.8) is 0 Å². The molecule has 152 valence electrons. The number of anilines is 1. The largest absolute Gasteiger partial charge is 0.342 e. The number of hydrogen-bond donors (Lipinski definition) is 1. The Morgan fingerprint density at radius 2 is 2.03 bits per heavy atom. The maximum Gasteiger partial charge on any atom is 0.211 e. The first-order valence-electron chi connectivity index (χ1n) is 10.1. The van der Waals surface area contributed by atoms with E-state index in [2.05, 4.69) is 24.5 Å². The van der Waals surface area contributed by atoms with Gasteiger partial charge in [0.1, 0.15) is 0 Å². The van der Waals surface area contributed by atoms with Crippen LogP contribution in [0.2, 0.25) is 5.15 Å². The number of halogens is 1. The summed E-state index contributed by atoms with van der Waals surface area (Å²) in [4.78, 5) is 13.6. The van der Waals surface area contributed by atoms with Gasteiger partial charge in [0.05, 0.1) is 16.0 Å². The molecule has 1 saturated carbocycles. The molecule has 5 rings (SSSR count). The van der Waals surface area contributed by atoms with Crippen LogP contribution in [0.3, 0.4) is 0 Å². The van der Waals surface area contributed by atoms with E-state index in [9.17, 15) is 0 Å². The maximum absolute atomic E-state index is 6.18. The molecule has 1 saturated heterocycles. The summed E-state index contributed by atoms with van der Waals surface area (Å²) in [6.07, 6.45) is 13.7. The molecule has 29 heavy (non-hydrogen) atoms. The van der Waals surface area contributed by atoms with E-state index in [1.54, 1.807) is 6.20 Å². The van der Waals surface area contributed by atoms with Crippen LogP contribution in [0.1, 0.15) is 32.1 Å². The van der Waals surface area contributed by atoms with Crippen LogP contribution in [-0.4, -0.2) is 44.2 Å². The van der Waals surface area contributed by atoms with Gasteiger partial charge < -0.3 is 10.6 Å². The monoisotopic (exact) mass is 429 g/mol. The summed E-state index contributed by atoms with van der Waals surface area (Å²) < 4.78 is 2.08. The molecule has 1 spiro atoms. The van der Waals surface area contributed by atoms with Crippen LogP contribution in [0.15, 0.2) is 40.6 Å². The molecule has 3 aromatic heterocycles. The lowest BCUT2D eigenvalue weighted by molar-refractivity contribution is 0.153. The Bertz CT molecular complexity index is 1010. The molecule has 1 atom stereocenters. The summed E-state index contributed by atoms with van der Waals surface area (Å²) in [5, 5.41) is 8.11. The van der Waals surface area contributed by atoms with Gasteiger partial charge in [0, 0.05) is 31.7 Å². The SMILES string of the molecule is NCC1CCCC12CCN(c1ncc(Sc3ccnnc3Cl)c3nccn13)CC2. The van der Waals surface area contributed by atoms with Crippen molar-refractivity contribution in [1.82, 2.24) is 24.6 Å². The standard InChI is InChI=1S/C20H24ClN7S/c21-17-15(3-7-25-26-17)29-16-13-24-19(28-11-8-23-18(16)28)27-9-5-20(6-10-27)4-1-2-14(20)12-22/h3,7-8,11,13-14H,1-2,4-6,9-10,12,22H2. The van der Waals surface area contributed by atoms with Crippen LogP contribution in [0.25, 0.3) is 5.65 Å². The van der Waals surface area contributed by atoms with Gasteiger partial charge in [0.2, 0.25) is 5.95 Å². The fourth-order valence-electron chi connectivity index (χ4n) is 5.08. The quantitative estimate of drug-likeness (QED) is 0.677. The van der Waals surface area contributed by atoms with Crippen molar-refractivity contribution < 1.29 is 0 Å². The van der Waals surface area contributed by atoms with E-state index in [-0.39, 0.29) is 0 Å². The fourth-order valence-corrected chi connectivity index (χ4v) is 6.14. The molecule has 7 nitrogen and oxygen atoms in total. The first-order chi connectivity index (χ1) is 14.2. The first kappa shape index (κ1) is 19.1. The van der Waals surface area contributed by atoms with E-state index >= 15 is 0 Å². The van der Waals surface area contributed by atoms with E-state index in [0.29, 0.717) is 16.5 Å². The second kappa shape index (κ2) is 7.74. The summed E-state index contributed by atoms with van der Waals surface area (Å²) in [6, 6.07) is 1.85. The second-order valence-electron chi connectivity index (χ2n) is 8.01. The second-order valence-corrected chi connectivity index (χ2v) is 9.45. The van der Waals surface area contributed by atoms with Crippen molar-refractivity contribution >= 4 is 35.0 Å². The van der Waals surface area contributed by atoms with Crippen LogP contribution >= 0.6 is 23.4 Å². The average Bonchev–Trinajstić information content (AvgIpc) is 3.38. The van der Waals surface area contributed by atoms with Crippen molar-refractivity contribution in [2.75, 3.05) is 24.5 Å². The van der Waals surface area contributed by atoms with Crippen molar-refractivity contribution in [3.05, 3.63) is 36.0 Å². The van der Waals surface area contributed by atoms with Gasteiger partial charge in [-0.25, -0.2) is 9.97 Å². The average molecular weight is 430 g/mol. The molecular weight excluding hydrogens is 406 g/mol. The molecule has 2 N–H and O–H groups in total. The third-order valence-corrected chi connectivity index (χ3v) is 8.10. The number of nitrogens with two attached hydrogens (primary N) is 1. The molecule has 2 fully saturated rings. The van der Waals surface area contributed by atoms with E-state index in [1.165, 1.54) is 43.9 Å². The number of piperidine rings is 1. The highest BCUT2D eigenvalue weighted by molar-refractivity contribution is 7.99. The molecule has 0 aromatic carbocycles. The molecule has 9 heteroatoms. The summed E-state index contributed by atoms with van der Waals surface area (Å²) in [5.41, 5.74) is 7.41. The minimum absolute atomic E-state index is 0.388. The summed E-state index contributed by atoms with van der Waals surface area (Å²) in [6.45, 7) is 2.86. The molecule has 0 radical (unpaired) electrons. The van der Waals surface area contributed by atoms with E-state index in [0.717, 1.165) is 41.0 Å². The van der Waals surface area contributed by atoms with Crippen LogP contribution in [0.4, 0.5) is 5.95 Å². The Balaban J connectivity index is 1.40. The smallest absolute Gasteiger partial charge is 0.211 e. The molecule has 0 amide bonds. The summed E-state index contributed by atoms with van der Waals surface area (Å²) in [7, 11) is 0. The minimum atomic E-state index is 0.388. The third-order valence-electron chi connectivity index (χ3n) is 6.66. The summed E-state index contributed by atoms with van der Waals surface area (Å²) >= 11 is 7.69. The molecule has 1 unspecified atom stereocenters. The Hall–Kier alpha value is -1.90. The Labute approximate surface area is 179 Å². The predicted molar refractivity (Wildman–Crippen MR) is 114 cm³/mol. The Kier molecular flexibility index (Phi) is 5.09. The number of aromatic nitrogens is 5. The van der Waals surface area contributed by atoms with Gasteiger partial charge >= 0.3 is 0 Å². The zero-order valence-corrected chi connectivity index (χ0v) is 17.7. The van der Waals surface area contributed by atoms with Crippen LogP contribution < -0.4 is 10.6 Å². The Morgan fingerprint density at radius 1 is 1.17 bits per heavy atom. The molecular formula is C20H24ClN7S. The lowest BCUT2D eigenvalue weighted by Gasteiger charge is -2.43. The highest BCUT2D eigenvalue weighted by Crippen LogP contribution is 2.50. The normalized spacial score (nSPS) is 21.3. The maximum atomic E-state index is 6.18. The molecule has 3 aromatic rings. The molecule has 4 heterocycles. The lowest BCUT2D eigenvalue weighted by Crippen LogP contribution is -2.44. The van der Waals surface area contributed by atoms with Gasteiger partial charge in [-0.2, -0.15) is 5.10 Å². The van der Waals surface area contributed by atoms with E-state index < -0.39 is 0 Å². The zero-order valence-electron chi connectivity index (χ0n) is 16.2. The predicted octanol–water partition coefficient (Wildman–Crippen LogP) is 3.67. The van der Waals surface area contributed by atoms with Crippen molar-refractivity contribution in [2.24, 2.45) is 17.1 Å². The third kappa shape index (κ3) is 3.37. The van der Waals surface area contributed by atoms with Crippen LogP contribution in [0, 0.1) is 11.3 Å². The van der Waals surface area contributed by atoms with Gasteiger partial charge in [-0.15, -0.1) is 5.10 Å². The van der Waals surface area contributed by atoms with Gasteiger partial charge in [-0.3, -0.25) is 4.40 Å². The number of fused-ring (bicyclic) bond motifs is 1. The van der Waals surface area contributed by atoms with Gasteiger partial charge in [-0.1, -0.05) is 29.8 Å². The van der Waals surface area contributed by atoms with Crippen LogP contribution in [-0.2, 0) is 0 Å². The molecule has 2 aliphatic rings. The highest BCUT2D eigenvalue weighted by Gasteiger charge is 2.44. The van der Waals surface area contributed by atoms with Crippen molar-refractivity contribution in [1.29, 1.82) is 0 Å². The Morgan fingerprint density at radius 3 is 2.83 bits per heavy atom. The topological polar surface area (TPSA) is 85.2 Å². The minimum Gasteiger partial charge on any atom is -0.342 e. The zero-order chi connectivity index (χ0) is 19.8. The lowest BCUT2D eigenvalue weighted by atomic mass is 9.70. The highest BCUT2D eigenvalue weighted by atomic mass is 35.5. The van der Waals surface area contributed by atoms with Crippen LogP contribution in [0.5, 0.6) is 0 Å². The fraction of sp³-hybridized carbons (Fsp3) is 0.500. The van der Waals surface area contributed by atoms with Gasteiger partial charge in [0.25, 0.3) is 0 Å². The van der Waals surface area contributed by atoms with E-state index in [4.69, 9.17) is 22.3 Å². The van der Waals surface area contributed by atoms with Crippen molar-refractivity contribution in [3.8, 4) is 0 Å². The number of nitrogens with zero attached hydrogens (tertiary/aromatic N) is 6. The summed E-state index contributed by atoms with van der Waals surface area (Å²) in [5.74, 6) is 1.64.